The van der Waals surface area contributed by atoms with Crippen molar-refractivity contribution in [3.05, 3.63) is 24.6 Å². The molecule has 0 radical (unpaired) electrons. The highest BCUT2D eigenvalue weighted by molar-refractivity contribution is 5.77. The Balaban J connectivity index is 0. The number of allylic oxidation sites excluding steroid dienone is 2. The Morgan fingerprint density at radius 2 is 2.14 bits per heavy atom. The van der Waals surface area contributed by atoms with Crippen LogP contribution in [0.1, 0.15) is 20.8 Å². The molecule has 0 aliphatic carbocycles. The van der Waals surface area contributed by atoms with E-state index >= 15 is 0 Å². The maximum atomic E-state index is 10.1. The van der Waals surface area contributed by atoms with Gasteiger partial charge < -0.3 is 9.84 Å². The first-order valence-electron chi connectivity index (χ1n) is 4.35. The van der Waals surface area contributed by atoms with Crippen molar-refractivity contribution in [1.29, 1.82) is 0 Å². The van der Waals surface area contributed by atoms with Gasteiger partial charge in [0.2, 0.25) is 0 Å². The highest BCUT2D eigenvalue weighted by atomic mass is 16.5. The molecule has 0 bridgehead atoms. The quantitative estimate of drug-likeness (QED) is 0.545. The smallest absolute Gasteiger partial charge is 0.341 e. The maximum Gasteiger partial charge on any atom is 0.341 e. The summed E-state index contributed by atoms with van der Waals surface area (Å²) < 4.78 is 4.82. The first-order valence-corrected chi connectivity index (χ1v) is 4.35. The molecular weight excluding hydrogens is 182 g/mol. The Kier molecular flexibility index (Phi) is 12.2. The topological polar surface area (TPSA) is 58.9 Å². The summed E-state index contributed by atoms with van der Waals surface area (Å²) in [6, 6.07) is 0. The van der Waals surface area contributed by atoms with E-state index in [1.165, 1.54) is 12.4 Å². The summed E-state index contributed by atoms with van der Waals surface area (Å²) in [6.45, 7) is 8.74. The minimum atomic E-state index is -1.01. The highest BCUT2D eigenvalue weighted by Crippen LogP contribution is 1.92. The van der Waals surface area contributed by atoms with Crippen molar-refractivity contribution in [3.8, 4) is 0 Å². The van der Waals surface area contributed by atoms with Gasteiger partial charge in [-0.25, -0.2) is 4.79 Å². The van der Waals surface area contributed by atoms with Gasteiger partial charge in [0.25, 0.3) is 0 Å². The number of hydrogen-bond donors (Lipinski definition) is 1. The molecule has 4 heteroatoms. The zero-order chi connectivity index (χ0) is 11.4. The molecule has 0 aliphatic heterocycles. The molecule has 0 amide bonds. The number of carbonyl (C=O) groups is 1. The molecule has 0 saturated heterocycles. The van der Waals surface area contributed by atoms with E-state index in [0.29, 0.717) is 5.76 Å². The zero-order valence-electron chi connectivity index (χ0n) is 8.86. The number of hydrogen-bond acceptors (Lipinski definition) is 3. The fraction of sp³-hybridized carbons (Fsp3) is 0.400. The second kappa shape index (κ2) is 11.4. The predicted octanol–water partition coefficient (Wildman–Crippen LogP) is 2.23. The molecular formula is C10H17NO3. The molecule has 0 fully saturated rings. The number of nitrogens with zero attached hydrogens (tertiary/aromatic N) is 1. The number of aliphatic imine (C=N–C) groups is 1. The van der Waals surface area contributed by atoms with Crippen LogP contribution in [0.3, 0.4) is 0 Å². The third kappa shape index (κ3) is 10.4. The van der Waals surface area contributed by atoms with E-state index in [1.807, 2.05) is 13.8 Å². The van der Waals surface area contributed by atoms with Crippen LogP contribution in [-0.4, -0.2) is 23.9 Å². The van der Waals surface area contributed by atoms with Gasteiger partial charge in [-0.15, -0.1) is 0 Å². The SMILES string of the molecule is C=CN=C/C(=C\C)OCC(=O)O.CC. The van der Waals surface area contributed by atoms with Crippen LogP contribution in [0.5, 0.6) is 0 Å². The third-order valence-electron chi connectivity index (χ3n) is 0.954. The van der Waals surface area contributed by atoms with Gasteiger partial charge in [-0.3, -0.25) is 4.99 Å². The molecule has 0 aromatic rings. The molecule has 0 aromatic carbocycles. The average molecular weight is 199 g/mol. The molecule has 0 spiro atoms. The third-order valence-corrected chi connectivity index (χ3v) is 0.954. The van der Waals surface area contributed by atoms with Crippen molar-refractivity contribution in [3.63, 3.8) is 0 Å². The van der Waals surface area contributed by atoms with Gasteiger partial charge in [0.15, 0.2) is 6.61 Å². The van der Waals surface area contributed by atoms with Crippen molar-refractivity contribution in [2.75, 3.05) is 6.61 Å². The number of carboxylic acids is 1. The molecule has 14 heavy (non-hydrogen) atoms. The number of ether oxygens (including phenoxy) is 1. The summed E-state index contributed by atoms with van der Waals surface area (Å²) >= 11 is 0. The highest BCUT2D eigenvalue weighted by Gasteiger charge is 1.97. The van der Waals surface area contributed by atoms with Crippen molar-refractivity contribution in [1.82, 2.24) is 0 Å². The van der Waals surface area contributed by atoms with Crippen LogP contribution in [0, 0.1) is 0 Å². The molecule has 4 nitrogen and oxygen atoms in total. The van der Waals surface area contributed by atoms with Crippen LogP contribution in [0.15, 0.2) is 29.6 Å². The summed E-state index contributed by atoms with van der Waals surface area (Å²) in [5.41, 5.74) is 0. The van der Waals surface area contributed by atoms with E-state index < -0.39 is 5.97 Å². The molecule has 1 N–H and O–H groups in total. The summed E-state index contributed by atoms with van der Waals surface area (Å²) in [6.07, 6.45) is 4.36. The lowest BCUT2D eigenvalue weighted by atomic mass is 10.5. The first kappa shape index (κ1) is 14.9. The van der Waals surface area contributed by atoms with E-state index in [0.717, 1.165) is 0 Å². The second-order valence-electron chi connectivity index (χ2n) is 1.83. The van der Waals surface area contributed by atoms with E-state index in [1.54, 1.807) is 13.0 Å². The monoisotopic (exact) mass is 199 g/mol. The number of rotatable bonds is 5. The summed E-state index contributed by atoms with van der Waals surface area (Å²) in [5.74, 6) is -0.598. The van der Waals surface area contributed by atoms with E-state index in [9.17, 15) is 4.79 Å². The van der Waals surface area contributed by atoms with Gasteiger partial charge in [0.1, 0.15) is 5.76 Å². The number of carboxylic acid groups (broad SMARTS) is 1. The molecule has 0 unspecified atom stereocenters. The molecule has 0 heterocycles. The van der Waals surface area contributed by atoms with Crippen molar-refractivity contribution in [2.45, 2.75) is 20.8 Å². The van der Waals surface area contributed by atoms with Gasteiger partial charge >= 0.3 is 5.97 Å². The van der Waals surface area contributed by atoms with Crippen molar-refractivity contribution >= 4 is 12.2 Å². The van der Waals surface area contributed by atoms with Crippen LogP contribution in [0.25, 0.3) is 0 Å². The zero-order valence-corrected chi connectivity index (χ0v) is 8.86. The van der Waals surface area contributed by atoms with Gasteiger partial charge in [-0.1, -0.05) is 20.4 Å². The van der Waals surface area contributed by atoms with E-state index in [2.05, 4.69) is 11.6 Å². The fourth-order valence-electron chi connectivity index (χ4n) is 0.466. The molecule has 0 saturated carbocycles. The van der Waals surface area contributed by atoms with Crippen molar-refractivity contribution in [2.24, 2.45) is 4.99 Å². The van der Waals surface area contributed by atoms with Crippen LogP contribution in [-0.2, 0) is 9.53 Å². The molecule has 0 atom stereocenters. The Hall–Kier alpha value is -1.58. The van der Waals surface area contributed by atoms with Gasteiger partial charge in [0, 0.05) is 6.20 Å². The Bertz CT molecular complexity index is 219. The minimum absolute atomic E-state index is 0.358. The molecule has 80 valence electrons. The van der Waals surface area contributed by atoms with Crippen LogP contribution >= 0.6 is 0 Å². The van der Waals surface area contributed by atoms with Crippen molar-refractivity contribution < 1.29 is 14.6 Å². The second-order valence-corrected chi connectivity index (χ2v) is 1.83. The fourth-order valence-corrected chi connectivity index (χ4v) is 0.466. The largest absolute Gasteiger partial charge is 0.481 e. The summed E-state index contributed by atoms with van der Waals surface area (Å²) in [5, 5.41) is 8.27. The lowest BCUT2D eigenvalue weighted by Crippen LogP contribution is -2.07. The van der Waals surface area contributed by atoms with E-state index in [4.69, 9.17) is 9.84 Å². The van der Waals surface area contributed by atoms with Gasteiger partial charge in [-0.2, -0.15) is 0 Å². The average Bonchev–Trinajstić information content (AvgIpc) is 2.21. The summed E-state index contributed by atoms with van der Waals surface area (Å²) in [4.78, 5) is 13.8. The van der Waals surface area contributed by atoms with Crippen LogP contribution < -0.4 is 0 Å². The predicted molar refractivity (Wildman–Crippen MR) is 57.4 cm³/mol. The molecule has 0 rings (SSSR count). The Morgan fingerprint density at radius 1 is 1.57 bits per heavy atom. The first-order chi connectivity index (χ1) is 6.70. The molecule has 0 aromatic heterocycles. The van der Waals surface area contributed by atoms with Gasteiger partial charge in [-0.05, 0) is 13.0 Å². The van der Waals surface area contributed by atoms with Crippen LogP contribution in [0.4, 0.5) is 0 Å². The minimum Gasteiger partial charge on any atom is -0.481 e. The van der Waals surface area contributed by atoms with Gasteiger partial charge in [0.05, 0.1) is 6.21 Å². The van der Waals surface area contributed by atoms with Crippen LogP contribution in [0.2, 0.25) is 0 Å². The number of aliphatic carboxylic acids is 1. The standard InChI is InChI=1S/C8H11NO3.C2H6/c1-3-7(5-9-4-2)12-6-8(10)11;1-2/h3-5H,2,6H2,1H3,(H,10,11);1-2H3/b7-3+,9-5?;. The van der Waals surface area contributed by atoms with E-state index in [-0.39, 0.29) is 6.61 Å². The molecule has 0 aliphatic rings. The Labute approximate surface area is 84.6 Å². The normalized spacial score (nSPS) is 10.4. The lowest BCUT2D eigenvalue weighted by Gasteiger charge is -2.00. The lowest BCUT2D eigenvalue weighted by molar-refractivity contribution is -0.140. The summed E-state index contributed by atoms with van der Waals surface area (Å²) in [7, 11) is 0. The Morgan fingerprint density at radius 3 is 2.50 bits per heavy atom. The maximum absolute atomic E-state index is 10.1.